The number of carbonyl (C=O) groups excluding carboxylic acids is 1. The van der Waals surface area contributed by atoms with Gasteiger partial charge in [0.25, 0.3) is 0 Å². The normalized spacial score (nSPS) is 10.9. The molecular weight excluding hydrogens is 437 g/mol. The Kier molecular flexibility index (Phi) is 8.63. The maximum Gasteiger partial charge on any atom is 0.344 e. The van der Waals surface area contributed by atoms with E-state index in [1.165, 1.54) is 6.92 Å². The van der Waals surface area contributed by atoms with Crippen LogP contribution in [0.5, 0.6) is 5.88 Å². The Morgan fingerprint density at radius 2 is 1.94 bits per heavy atom. The minimum Gasteiger partial charge on any atom is -0.477 e. The van der Waals surface area contributed by atoms with Crippen LogP contribution in [0, 0.1) is 24.4 Å². The van der Waals surface area contributed by atoms with Gasteiger partial charge in [-0.2, -0.15) is 4.37 Å². The number of aromatic nitrogens is 1. The zero-order valence-electron chi connectivity index (χ0n) is 17.1. The number of aromatic carboxylic acids is 1. The number of urea groups is 1. The highest BCUT2D eigenvalue weighted by Crippen LogP contribution is 2.31. The molecule has 0 fully saturated rings. The fourth-order valence-corrected chi connectivity index (χ4v) is 3.22. The summed E-state index contributed by atoms with van der Waals surface area (Å²) < 4.78 is 50.5. The molecule has 0 unspecified atom stereocenters. The van der Waals surface area contributed by atoms with E-state index in [0.29, 0.717) is 37.1 Å². The van der Waals surface area contributed by atoms with Crippen LogP contribution in [0.1, 0.15) is 41.8 Å². The van der Waals surface area contributed by atoms with Gasteiger partial charge in [0.2, 0.25) is 5.88 Å². The number of carboxylic acid groups (broad SMARTS) is 1. The molecule has 2 aromatic rings. The zero-order chi connectivity index (χ0) is 23.1. The molecule has 0 saturated heterocycles. The molecule has 31 heavy (non-hydrogen) atoms. The van der Waals surface area contributed by atoms with Crippen molar-refractivity contribution in [3.63, 3.8) is 0 Å². The van der Waals surface area contributed by atoms with Crippen LogP contribution < -0.4 is 20.7 Å². The number of aryl methyl sites for hydroxylation is 1. The molecule has 0 aliphatic rings. The Morgan fingerprint density at radius 1 is 1.23 bits per heavy atom. The molecule has 1 aromatic carbocycles. The van der Waals surface area contributed by atoms with Crippen LogP contribution in [-0.2, 0) is 6.61 Å². The maximum atomic E-state index is 14.0. The monoisotopic (exact) mass is 460 g/mol. The van der Waals surface area contributed by atoms with Crippen molar-refractivity contribution in [3.05, 3.63) is 40.2 Å². The van der Waals surface area contributed by atoms with Crippen molar-refractivity contribution in [1.29, 1.82) is 0 Å². The predicted molar refractivity (Wildman–Crippen MR) is 109 cm³/mol. The number of nitrogens with one attached hydrogen (secondary N) is 3. The van der Waals surface area contributed by atoms with Crippen molar-refractivity contribution >= 4 is 28.5 Å². The predicted octanol–water partition coefficient (Wildman–Crippen LogP) is 3.66. The summed E-state index contributed by atoms with van der Waals surface area (Å²) in [5.74, 6) is -5.59. The summed E-state index contributed by atoms with van der Waals surface area (Å²) in [4.78, 5) is 23.6. The lowest BCUT2D eigenvalue weighted by Crippen LogP contribution is -2.32. The molecule has 0 aliphatic carbocycles. The Bertz CT molecular complexity index is 953. The van der Waals surface area contributed by atoms with Crippen LogP contribution in [0.15, 0.2) is 6.07 Å². The SMILES string of the molecule is Cc1cc(F)c(COc2nsc(NC(=O)NCCCNC(C)C)c2C(=O)O)c(F)c1F. The fraction of sp³-hybridized carbons (Fsp3) is 0.421. The summed E-state index contributed by atoms with van der Waals surface area (Å²) in [5.41, 5.74) is -1.39. The summed E-state index contributed by atoms with van der Waals surface area (Å²) in [7, 11) is 0. The number of carbonyl (C=O) groups is 2. The second kappa shape index (κ2) is 11.0. The molecule has 0 aliphatic heterocycles. The number of nitrogens with zero attached hydrogens (tertiary/aromatic N) is 1. The first kappa shape index (κ1) is 24.4. The molecule has 0 bridgehead atoms. The highest BCUT2D eigenvalue weighted by atomic mass is 32.1. The lowest BCUT2D eigenvalue weighted by Gasteiger charge is -2.10. The molecule has 2 rings (SSSR count). The van der Waals surface area contributed by atoms with Crippen LogP contribution >= 0.6 is 11.5 Å². The second-order valence-electron chi connectivity index (χ2n) is 6.91. The maximum absolute atomic E-state index is 14.0. The Hall–Kier alpha value is -2.86. The van der Waals surface area contributed by atoms with Crippen LogP contribution in [0.25, 0.3) is 0 Å². The van der Waals surface area contributed by atoms with Gasteiger partial charge in [0, 0.05) is 12.6 Å². The Labute approximate surface area is 181 Å². The van der Waals surface area contributed by atoms with Crippen molar-refractivity contribution < 1.29 is 32.6 Å². The largest absolute Gasteiger partial charge is 0.477 e. The minimum atomic E-state index is -1.46. The summed E-state index contributed by atoms with van der Waals surface area (Å²) in [6.07, 6.45) is 0.665. The first-order valence-electron chi connectivity index (χ1n) is 9.38. The number of hydrogen-bond donors (Lipinski definition) is 4. The highest BCUT2D eigenvalue weighted by molar-refractivity contribution is 7.11. The smallest absolute Gasteiger partial charge is 0.344 e. The first-order valence-corrected chi connectivity index (χ1v) is 10.2. The summed E-state index contributed by atoms with van der Waals surface area (Å²) in [6, 6.07) is 0.491. The molecule has 12 heteroatoms. The summed E-state index contributed by atoms with van der Waals surface area (Å²) in [5, 5.41) is 17.4. The van der Waals surface area contributed by atoms with Crippen LogP contribution in [0.3, 0.4) is 0 Å². The van der Waals surface area contributed by atoms with Gasteiger partial charge < -0.3 is 20.5 Å². The molecule has 8 nitrogen and oxygen atoms in total. The van der Waals surface area contributed by atoms with Gasteiger partial charge in [-0.3, -0.25) is 5.32 Å². The van der Waals surface area contributed by atoms with E-state index in [2.05, 4.69) is 20.3 Å². The first-order chi connectivity index (χ1) is 14.6. The minimum absolute atomic E-state index is 0.115. The zero-order valence-corrected chi connectivity index (χ0v) is 18.0. The average molecular weight is 460 g/mol. The third-order valence-corrected chi connectivity index (χ3v) is 4.83. The van der Waals surface area contributed by atoms with Crippen molar-refractivity contribution in [3.8, 4) is 5.88 Å². The number of hydrogen-bond acceptors (Lipinski definition) is 6. The molecular formula is C19H23F3N4O4S. The highest BCUT2D eigenvalue weighted by Gasteiger charge is 2.25. The Balaban J connectivity index is 2.04. The quantitative estimate of drug-likeness (QED) is 0.318. The van der Waals surface area contributed by atoms with Gasteiger partial charge in [0.05, 0.1) is 5.56 Å². The van der Waals surface area contributed by atoms with Crippen LogP contribution in [0.4, 0.5) is 23.0 Å². The lowest BCUT2D eigenvalue weighted by molar-refractivity contribution is 0.0693. The number of halogens is 3. The van der Waals surface area contributed by atoms with E-state index in [1.807, 2.05) is 13.8 Å². The van der Waals surface area contributed by atoms with Gasteiger partial charge in [-0.05, 0) is 43.1 Å². The van der Waals surface area contributed by atoms with Gasteiger partial charge in [0.15, 0.2) is 17.2 Å². The summed E-state index contributed by atoms with van der Waals surface area (Å²) in [6.45, 7) is 5.47. The number of ether oxygens (including phenoxy) is 1. The van der Waals surface area contributed by atoms with Gasteiger partial charge in [-0.1, -0.05) is 13.8 Å². The fourth-order valence-electron chi connectivity index (χ4n) is 2.50. The third-order valence-electron chi connectivity index (χ3n) is 4.08. The van der Waals surface area contributed by atoms with E-state index < -0.39 is 53.1 Å². The van der Waals surface area contributed by atoms with E-state index in [1.54, 1.807) is 0 Å². The second-order valence-corrected chi connectivity index (χ2v) is 7.68. The topological polar surface area (TPSA) is 113 Å². The van der Waals surface area contributed by atoms with Crippen molar-refractivity contribution in [2.75, 3.05) is 18.4 Å². The van der Waals surface area contributed by atoms with Gasteiger partial charge in [-0.25, -0.2) is 22.8 Å². The van der Waals surface area contributed by atoms with Crippen molar-refractivity contribution in [2.24, 2.45) is 0 Å². The van der Waals surface area contributed by atoms with Gasteiger partial charge in [0.1, 0.15) is 17.4 Å². The Morgan fingerprint density at radius 3 is 2.58 bits per heavy atom. The molecule has 1 heterocycles. The number of anilines is 1. The number of amides is 2. The van der Waals surface area contributed by atoms with E-state index >= 15 is 0 Å². The van der Waals surface area contributed by atoms with E-state index in [9.17, 15) is 27.9 Å². The molecule has 0 atom stereocenters. The number of benzene rings is 1. The van der Waals surface area contributed by atoms with Crippen LogP contribution in [0.2, 0.25) is 0 Å². The van der Waals surface area contributed by atoms with Crippen LogP contribution in [-0.4, -0.2) is 40.6 Å². The molecule has 0 radical (unpaired) electrons. The molecule has 2 amide bonds. The van der Waals surface area contributed by atoms with Crippen molar-refractivity contribution in [2.45, 2.75) is 39.8 Å². The molecule has 170 valence electrons. The lowest BCUT2D eigenvalue weighted by atomic mass is 10.1. The number of carboxylic acids is 1. The average Bonchev–Trinajstić information content (AvgIpc) is 3.08. The molecule has 0 spiro atoms. The van der Waals surface area contributed by atoms with E-state index in [-0.39, 0.29) is 10.6 Å². The van der Waals surface area contributed by atoms with E-state index in [0.717, 1.165) is 6.07 Å². The van der Waals surface area contributed by atoms with Gasteiger partial charge in [-0.15, -0.1) is 0 Å². The molecule has 4 N–H and O–H groups in total. The van der Waals surface area contributed by atoms with E-state index in [4.69, 9.17) is 4.74 Å². The van der Waals surface area contributed by atoms with Crippen molar-refractivity contribution in [1.82, 2.24) is 15.0 Å². The standard InChI is InChI=1S/C19H23F3N4O4S/c1-9(2)23-5-4-6-24-19(29)25-17-13(18(27)28)16(26-31-17)30-8-11-12(20)7-10(3)14(21)15(11)22/h7,9,23H,4-6,8H2,1-3H3,(H,27,28)(H2,24,25,29). The van der Waals surface area contributed by atoms with Gasteiger partial charge >= 0.3 is 12.0 Å². The summed E-state index contributed by atoms with van der Waals surface area (Å²) >= 11 is 0.628. The third kappa shape index (κ3) is 6.56. The molecule has 1 aromatic heterocycles. The number of rotatable bonds is 10. The molecule has 0 saturated carbocycles.